The van der Waals surface area contributed by atoms with E-state index in [-0.39, 0.29) is 17.6 Å². The Balaban J connectivity index is 1.28. The van der Waals surface area contributed by atoms with Crippen molar-refractivity contribution in [2.45, 2.75) is 69.1 Å². The van der Waals surface area contributed by atoms with Gasteiger partial charge in [0.15, 0.2) is 0 Å². The molecule has 5 heteroatoms. The van der Waals surface area contributed by atoms with Crippen molar-refractivity contribution in [1.29, 1.82) is 0 Å². The van der Waals surface area contributed by atoms with Crippen molar-refractivity contribution in [1.82, 2.24) is 9.80 Å². The monoisotopic (exact) mass is 382 g/mol. The van der Waals surface area contributed by atoms with E-state index in [2.05, 4.69) is 4.90 Å². The maximum atomic E-state index is 13.3. The fraction of sp³-hybridized carbons (Fsp3) is 0.652. The van der Waals surface area contributed by atoms with Gasteiger partial charge in [0, 0.05) is 43.3 Å². The van der Waals surface area contributed by atoms with Crippen LogP contribution in [0.5, 0.6) is 0 Å². The number of piperidine rings is 1. The second-order valence-corrected chi connectivity index (χ2v) is 9.09. The lowest BCUT2D eigenvalue weighted by atomic mass is 9.81. The maximum Gasteiger partial charge on any atom is 0.254 e. The SMILES string of the molecule is O=C(C1CC1)N1CCC2(CC1)CC(N(C(=O)c1ccccc1)C1CC1)CCO2. The van der Waals surface area contributed by atoms with E-state index in [1.54, 1.807) is 0 Å². The number of hydrogen-bond donors (Lipinski definition) is 0. The highest BCUT2D eigenvalue weighted by molar-refractivity contribution is 5.94. The fourth-order valence-corrected chi connectivity index (χ4v) is 5.02. The largest absolute Gasteiger partial charge is 0.375 e. The van der Waals surface area contributed by atoms with E-state index in [0.29, 0.717) is 24.5 Å². The summed E-state index contributed by atoms with van der Waals surface area (Å²) in [6.45, 7) is 2.32. The molecule has 2 amide bonds. The van der Waals surface area contributed by atoms with Gasteiger partial charge in [-0.05, 0) is 63.5 Å². The maximum absolute atomic E-state index is 13.3. The third-order valence-corrected chi connectivity index (χ3v) is 6.97. The molecule has 2 aliphatic heterocycles. The second kappa shape index (κ2) is 7.18. The lowest BCUT2D eigenvalue weighted by molar-refractivity contribution is -0.148. The van der Waals surface area contributed by atoms with Crippen LogP contribution < -0.4 is 0 Å². The molecule has 1 spiro atoms. The Kier molecular flexibility index (Phi) is 4.66. The minimum atomic E-state index is -0.159. The number of rotatable bonds is 4. The molecular weight excluding hydrogens is 352 g/mol. The summed E-state index contributed by atoms with van der Waals surface area (Å²) in [6.07, 6.45) is 8.00. The van der Waals surface area contributed by atoms with Crippen LogP contribution in [-0.2, 0) is 9.53 Å². The predicted molar refractivity (Wildman–Crippen MR) is 106 cm³/mol. The highest BCUT2D eigenvalue weighted by atomic mass is 16.5. The van der Waals surface area contributed by atoms with Crippen molar-refractivity contribution in [3.63, 3.8) is 0 Å². The van der Waals surface area contributed by atoms with E-state index < -0.39 is 0 Å². The third kappa shape index (κ3) is 3.57. The fourth-order valence-electron chi connectivity index (χ4n) is 5.02. The van der Waals surface area contributed by atoms with Crippen molar-refractivity contribution in [2.24, 2.45) is 5.92 Å². The molecule has 1 unspecified atom stereocenters. The van der Waals surface area contributed by atoms with Gasteiger partial charge in [0.25, 0.3) is 5.91 Å². The van der Waals surface area contributed by atoms with Crippen molar-refractivity contribution in [3.8, 4) is 0 Å². The lowest BCUT2D eigenvalue weighted by Crippen LogP contribution is -2.56. The number of carbonyl (C=O) groups is 2. The molecule has 1 atom stereocenters. The molecule has 0 N–H and O–H groups in total. The molecule has 28 heavy (non-hydrogen) atoms. The van der Waals surface area contributed by atoms with Gasteiger partial charge in [-0.25, -0.2) is 0 Å². The summed E-state index contributed by atoms with van der Waals surface area (Å²) in [4.78, 5) is 29.8. The molecule has 5 nitrogen and oxygen atoms in total. The Bertz CT molecular complexity index is 733. The first-order valence-electron chi connectivity index (χ1n) is 11.0. The average molecular weight is 383 g/mol. The summed E-state index contributed by atoms with van der Waals surface area (Å²) in [5, 5.41) is 0. The van der Waals surface area contributed by atoms with Crippen LogP contribution in [0.15, 0.2) is 30.3 Å². The smallest absolute Gasteiger partial charge is 0.254 e. The van der Waals surface area contributed by atoms with Crippen molar-refractivity contribution < 1.29 is 14.3 Å². The number of hydrogen-bond acceptors (Lipinski definition) is 3. The molecule has 2 aliphatic carbocycles. The van der Waals surface area contributed by atoms with Gasteiger partial charge < -0.3 is 14.5 Å². The van der Waals surface area contributed by atoms with Gasteiger partial charge in [0.1, 0.15) is 0 Å². The normalized spacial score (nSPS) is 26.9. The van der Waals surface area contributed by atoms with Gasteiger partial charge in [0.05, 0.1) is 5.60 Å². The standard InChI is InChI=1S/C23H30N2O3/c26-21(18-6-7-18)24-13-11-23(12-14-24)16-20(10-15-28-23)25(19-8-9-19)22(27)17-4-2-1-3-5-17/h1-5,18-20H,6-16H2. The van der Waals surface area contributed by atoms with Crippen LogP contribution in [0.3, 0.4) is 0 Å². The molecule has 2 heterocycles. The molecule has 0 bridgehead atoms. The van der Waals surface area contributed by atoms with Crippen LogP contribution in [0, 0.1) is 5.92 Å². The summed E-state index contributed by atoms with van der Waals surface area (Å²) in [5.41, 5.74) is 0.632. The van der Waals surface area contributed by atoms with Gasteiger partial charge >= 0.3 is 0 Å². The summed E-state index contributed by atoms with van der Waals surface area (Å²) < 4.78 is 6.30. The molecule has 150 valence electrons. The molecule has 0 aromatic heterocycles. The van der Waals surface area contributed by atoms with Crippen LogP contribution in [0.1, 0.15) is 61.7 Å². The predicted octanol–water partition coefficient (Wildman–Crippen LogP) is 3.24. The van der Waals surface area contributed by atoms with E-state index in [0.717, 1.165) is 70.0 Å². The Morgan fingerprint density at radius 3 is 2.32 bits per heavy atom. The zero-order chi connectivity index (χ0) is 19.1. The lowest BCUT2D eigenvalue weighted by Gasteiger charge is -2.48. The van der Waals surface area contributed by atoms with Crippen LogP contribution in [0.25, 0.3) is 0 Å². The number of carbonyl (C=O) groups excluding carboxylic acids is 2. The quantitative estimate of drug-likeness (QED) is 0.803. The van der Waals surface area contributed by atoms with Crippen LogP contribution in [-0.4, -0.2) is 59.0 Å². The van der Waals surface area contributed by atoms with E-state index >= 15 is 0 Å². The van der Waals surface area contributed by atoms with Gasteiger partial charge in [-0.1, -0.05) is 18.2 Å². The molecule has 1 aromatic rings. The first kappa shape index (κ1) is 18.2. The molecule has 1 aromatic carbocycles. The van der Waals surface area contributed by atoms with Gasteiger partial charge in [-0.3, -0.25) is 9.59 Å². The van der Waals surface area contributed by atoms with Gasteiger partial charge in [0.2, 0.25) is 5.91 Å². The zero-order valence-corrected chi connectivity index (χ0v) is 16.5. The number of ether oxygens (including phenoxy) is 1. The first-order valence-corrected chi connectivity index (χ1v) is 11.0. The summed E-state index contributed by atoms with van der Waals surface area (Å²) in [5.74, 6) is 0.815. The number of benzene rings is 1. The number of likely N-dealkylation sites (tertiary alicyclic amines) is 1. The van der Waals surface area contributed by atoms with E-state index in [9.17, 15) is 9.59 Å². The zero-order valence-electron chi connectivity index (χ0n) is 16.5. The van der Waals surface area contributed by atoms with Crippen LogP contribution >= 0.6 is 0 Å². The minimum Gasteiger partial charge on any atom is -0.375 e. The van der Waals surface area contributed by atoms with Crippen molar-refractivity contribution in [2.75, 3.05) is 19.7 Å². The van der Waals surface area contributed by atoms with Crippen LogP contribution in [0.4, 0.5) is 0 Å². The van der Waals surface area contributed by atoms with E-state index in [1.807, 2.05) is 35.2 Å². The van der Waals surface area contributed by atoms with Gasteiger partial charge in [-0.15, -0.1) is 0 Å². The molecule has 4 aliphatic rings. The highest BCUT2D eigenvalue weighted by Crippen LogP contribution is 2.41. The minimum absolute atomic E-state index is 0.159. The van der Waals surface area contributed by atoms with Gasteiger partial charge in [-0.2, -0.15) is 0 Å². The summed E-state index contributed by atoms with van der Waals surface area (Å²) in [7, 11) is 0. The Morgan fingerprint density at radius 2 is 1.68 bits per heavy atom. The topological polar surface area (TPSA) is 49.9 Å². The van der Waals surface area contributed by atoms with Crippen molar-refractivity contribution >= 4 is 11.8 Å². The number of nitrogens with zero attached hydrogens (tertiary/aromatic N) is 2. The Labute approximate surface area is 167 Å². The van der Waals surface area contributed by atoms with E-state index in [4.69, 9.17) is 4.74 Å². The Hall–Kier alpha value is -1.88. The van der Waals surface area contributed by atoms with Crippen molar-refractivity contribution in [3.05, 3.63) is 35.9 Å². The molecule has 2 saturated carbocycles. The summed E-state index contributed by atoms with van der Waals surface area (Å²) >= 11 is 0. The highest BCUT2D eigenvalue weighted by Gasteiger charge is 2.47. The Morgan fingerprint density at radius 1 is 0.964 bits per heavy atom. The average Bonchev–Trinajstić information content (AvgIpc) is 3.63. The van der Waals surface area contributed by atoms with Crippen LogP contribution in [0.2, 0.25) is 0 Å². The van der Waals surface area contributed by atoms with E-state index in [1.165, 1.54) is 0 Å². The third-order valence-electron chi connectivity index (χ3n) is 6.97. The second-order valence-electron chi connectivity index (χ2n) is 9.09. The molecular formula is C23H30N2O3. The first-order chi connectivity index (χ1) is 13.7. The molecule has 0 radical (unpaired) electrons. The number of amides is 2. The molecule has 5 rings (SSSR count). The molecule has 2 saturated heterocycles. The summed E-state index contributed by atoms with van der Waals surface area (Å²) in [6, 6.07) is 10.3. The molecule has 4 fully saturated rings.